The van der Waals surface area contributed by atoms with Crippen LogP contribution in [0.5, 0.6) is 5.75 Å². The van der Waals surface area contributed by atoms with E-state index in [0.717, 1.165) is 36.3 Å². The lowest BCUT2D eigenvalue weighted by atomic mass is 9.77. The number of imide groups is 1. The monoisotopic (exact) mass is 512 g/mol. The fourth-order valence-corrected chi connectivity index (χ4v) is 4.91. The molecule has 3 N–H and O–H groups in total. The molecule has 12 heteroatoms. The molecule has 4 atom stereocenters. The number of hydrogen-bond acceptors (Lipinski definition) is 6. The first-order chi connectivity index (χ1) is 16.9. The zero-order valence-corrected chi connectivity index (χ0v) is 19.5. The molecule has 36 heavy (non-hydrogen) atoms. The van der Waals surface area contributed by atoms with Crippen LogP contribution in [0, 0.1) is 11.8 Å². The van der Waals surface area contributed by atoms with Crippen molar-refractivity contribution in [3.8, 4) is 5.75 Å². The van der Waals surface area contributed by atoms with Crippen LogP contribution >= 0.6 is 0 Å². The van der Waals surface area contributed by atoms with Gasteiger partial charge in [0, 0.05) is 12.6 Å². The second kappa shape index (κ2) is 10.7. The minimum absolute atomic E-state index is 0.0278. The Morgan fingerprint density at radius 2 is 1.86 bits per heavy atom. The first-order valence-corrected chi connectivity index (χ1v) is 11.5. The summed E-state index contributed by atoms with van der Waals surface area (Å²) in [6.45, 7) is 2.01. The Kier molecular flexibility index (Phi) is 8.07. The van der Waals surface area contributed by atoms with Crippen LogP contribution in [0.4, 0.5) is 13.2 Å². The molecular formula is C24H27F3N2O7. The van der Waals surface area contributed by atoms with Gasteiger partial charge in [-0.1, -0.05) is 44.1 Å². The summed E-state index contributed by atoms with van der Waals surface area (Å²) in [5, 5.41) is 22.1. The Hall–Kier alpha value is -3.41. The van der Waals surface area contributed by atoms with Crippen molar-refractivity contribution in [1.82, 2.24) is 10.2 Å². The summed E-state index contributed by atoms with van der Waals surface area (Å²) < 4.78 is 42.1. The fourth-order valence-electron chi connectivity index (χ4n) is 4.91. The van der Waals surface area contributed by atoms with Crippen molar-refractivity contribution in [3.63, 3.8) is 0 Å². The van der Waals surface area contributed by atoms with E-state index in [1.165, 1.54) is 12.1 Å². The minimum atomic E-state index is -4.99. The standard InChI is InChI=1S/C24H27F3N2O7/c1-2-3-4-5-6-7-11-29-20(32)17-18(21(29)33)23(22(34)35,13-16(30)31)28-19(17)14-9-8-10-15(12-14)36-24(25,26)27/h5-6,8-10,12,17-19,28H,2-4,7,11,13H2,1H3,(H,30,31)(H,34,35)/b6-5+. The number of hydrogen-bond donors (Lipinski definition) is 3. The molecule has 2 amide bonds. The second-order valence-electron chi connectivity index (χ2n) is 8.82. The summed E-state index contributed by atoms with van der Waals surface area (Å²) in [7, 11) is 0. The summed E-state index contributed by atoms with van der Waals surface area (Å²) >= 11 is 0. The van der Waals surface area contributed by atoms with Gasteiger partial charge in [-0.25, -0.2) is 0 Å². The van der Waals surface area contributed by atoms with Crippen LogP contribution in [-0.2, 0) is 19.2 Å². The number of carboxylic acids is 2. The number of carboxylic acid groups (broad SMARTS) is 2. The number of unbranched alkanes of at least 4 members (excludes halogenated alkanes) is 2. The third-order valence-electron chi connectivity index (χ3n) is 6.42. The highest BCUT2D eigenvalue weighted by atomic mass is 19.4. The smallest absolute Gasteiger partial charge is 0.481 e. The van der Waals surface area contributed by atoms with E-state index in [0.29, 0.717) is 6.42 Å². The van der Waals surface area contributed by atoms with Gasteiger partial charge in [0.1, 0.15) is 11.3 Å². The van der Waals surface area contributed by atoms with Gasteiger partial charge in [0.05, 0.1) is 18.3 Å². The van der Waals surface area contributed by atoms with Gasteiger partial charge in [0.2, 0.25) is 11.8 Å². The van der Waals surface area contributed by atoms with Gasteiger partial charge in [-0.2, -0.15) is 0 Å². The molecule has 196 valence electrons. The highest BCUT2D eigenvalue weighted by Gasteiger charge is 2.69. The van der Waals surface area contributed by atoms with Crippen LogP contribution in [0.25, 0.3) is 0 Å². The van der Waals surface area contributed by atoms with Gasteiger partial charge in [0.25, 0.3) is 0 Å². The van der Waals surface area contributed by atoms with Crippen molar-refractivity contribution in [1.29, 1.82) is 0 Å². The number of amides is 2. The fraction of sp³-hybridized carbons (Fsp3) is 0.500. The quantitative estimate of drug-likeness (QED) is 0.234. The van der Waals surface area contributed by atoms with Crippen LogP contribution in [0.15, 0.2) is 36.4 Å². The van der Waals surface area contributed by atoms with E-state index in [-0.39, 0.29) is 12.1 Å². The molecule has 3 rings (SSSR count). The number of likely N-dealkylation sites (tertiary alicyclic amines) is 1. The molecule has 0 radical (unpaired) electrons. The van der Waals surface area contributed by atoms with Crippen LogP contribution in [0.1, 0.15) is 50.6 Å². The van der Waals surface area contributed by atoms with Gasteiger partial charge < -0.3 is 14.9 Å². The van der Waals surface area contributed by atoms with E-state index in [1.54, 1.807) is 6.08 Å². The number of ether oxygens (including phenoxy) is 1. The first kappa shape index (κ1) is 27.2. The molecule has 0 aliphatic carbocycles. The highest BCUT2D eigenvalue weighted by molar-refractivity contribution is 6.10. The van der Waals surface area contributed by atoms with Crippen LogP contribution in [-0.4, -0.2) is 57.3 Å². The number of carbonyl (C=O) groups excluding carboxylic acids is 2. The maximum atomic E-state index is 13.3. The van der Waals surface area contributed by atoms with Gasteiger partial charge in [-0.05, 0) is 30.5 Å². The van der Waals surface area contributed by atoms with Crippen molar-refractivity contribution < 1.29 is 47.3 Å². The van der Waals surface area contributed by atoms with Gasteiger partial charge in [-0.3, -0.25) is 29.4 Å². The summed E-state index contributed by atoms with van der Waals surface area (Å²) in [4.78, 5) is 51.5. The molecule has 0 bridgehead atoms. The van der Waals surface area contributed by atoms with Gasteiger partial charge in [0.15, 0.2) is 0 Å². The van der Waals surface area contributed by atoms with Gasteiger partial charge in [-0.15, -0.1) is 13.2 Å². The number of alkyl halides is 3. The number of fused-ring (bicyclic) bond motifs is 1. The first-order valence-electron chi connectivity index (χ1n) is 11.5. The summed E-state index contributed by atoms with van der Waals surface area (Å²) in [5.74, 6) is -8.18. The normalized spacial score (nSPS) is 26.0. The van der Waals surface area contributed by atoms with Crippen LogP contribution in [0.3, 0.4) is 0 Å². The highest BCUT2D eigenvalue weighted by Crippen LogP contribution is 2.50. The second-order valence-corrected chi connectivity index (χ2v) is 8.82. The average Bonchev–Trinajstić information content (AvgIpc) is 3.24. The molecule has 0 aromatic heterocycles. The predicted octanol–water partition coefficient (Wildman–Crippen LogP) is 3.27. The summed E-state index contributed by atoms with van der Waals surface area (Å²) in [6.07, 6.45) is 0.850. The van der Waals surface area contributed by atoms with Crippen molar-refractivity contribution in [2.75, 3.05) is 6.54 Å². The lowest BCUT2D eigenvalue weighted by Gasteiger charge is -2.29. The van der Waals surface area contributed by atoms with E-state index in [9.17, 15) is 42.6 Å². The number of benzene rings is 1. The molecule has 2 fully saturated rings. The SMILES string of the molecule is CCCC/C=C/CCN1C(=O)C2C(c3cccc(OC(F)(F)F)c3)NC(CC(=O)O)(C(=O)O)C2C1=O. The third kappa shape index (κ3) is 5.53. The lowest BCUT2D eigenvalue weighted by molar-refractivity contribution is -0.274. The average molecular weight is 512 g/mol. The predicted molar refractivity (Wildman–Crippen MR) is 119 cm³/mol. The number of halogens is 3. The Morgan fingerprint density at radius 1 is 1.17 bits per heavy atom. The van der Waals surface area contributed by atoms with Crippen molar-refractivity contribution in [2.45, 2.75) is 57.0 Å². The Morgan fingerprint density at radius 3 is 2.47 bits per heavy atom. The minimum Gasteiger partial charge on any atom is -0.481 e. The Bertz CT molecular complexity index is 1060. The van der Waals surface area contributed by atoms with E-state index >= 15 is 0 Å². The number of aliphatic carboxylic acids is 2. The largest absolute Gasteiger partial charge is 0.573 e. The molecular weight excluding hydrogens is 485 g/mol. The molecule has 2 heterocycles. The molecule has 1 aromatic carbocycles. The molecule has 9 nitrogen and oxygen atoms in total. The lowest BCUT2D eigenvalue weighted by Crippen LogP contribution is -2.57. The van der Waals surface area contributed by atoms with Crippen molar-refractivity contribution >= 4 is 23.8 Å². The number of allylic oxidation sites excluding steroid dienone is 1. The van der Waals surface area contributed by atoms with E-state index in [2.05, 4.69) is 10.1 Å². The number of rotatable bonds is 11. The Balaban J connectivity index is 1.98. The zero-order chi connectivity index (χ0) is 26.7. The number of carbonyl (C=O) groups is 4. The maximum absolute atomic E-state index is 13.3. The van der Waals surface area contributed by atoms with E-state index < -0.39 is 65.7 Å². The summed E-state index contributed by atoms with van der Waals surface area (Å²) in [6, 6.07) is 3.37. The van der Waals surface area contributed by atoms with Crippen molar-refractivity contribution in [2.24, 2.45) is 11.8 Å². The summed E-state index contributed by atoms with van der Waals surface area (Å²) in [5.41, 5.74) is -2.27. The third-order valence-corrected chi connectivity index (χ3v) is 6.42. The van der Waals surface area contributed by atoms with Gasteiger partial charge >= 0.3 is 18.3 Å². The molecule has 0 saturated carbocycles. The number of nitrogens with one attached hydrogen (secondary N) is 1. The zero-order valence-electron chi connectivity index (χ0n) is 19.5. The maximum Gasteiger partial charge on any atom is 0.573 e. The molecule has 2 aliphatic heterocycles. The molecule has 2 saturated heterocycles. The van der Waals surface area contributed by atoms with Crippen molar-refractivity contribution in [3.05, 3.63) is 42.0 Å². The number of nitrogens with zero attached hydrogens (tertiary/aromatic N) is 1. The molecule has 0 spiro atoms. The molecule has 2 aliphatic rings. The van der Waals surface area contributed by atoms with E-state index in [4.69, 9.17) is 0 Å². The molecule has 1 aromatic rings. The molecule has 4 unspecified atom stereocenters. The van der Waals surface area contributed by atoms with Crippen LogP contribution in [0.2, 0.25) is 0 Å². The topological polar surface area (TPSA) is 133 Å². The van der Waals surface area contributed by atoms with E-state index in [1.807, 2.05) is 13.0 Å². The Labute approximate surface area is 204 Å². The van der Waals surface area contributed by atoms with Crippen LogP contribution < -0.4 is 10.1 Å².